The van der Waals surface area contributed by atoms with Crippen LogP contribution in [0.2, 0.25) is 0 Å². The van der Waals surface area contributed by atoms with Crippen LogP contribution < -0.4 is 10.6 Å². The van der Waals surface area contributed by atoms with E-state index < -0.39 is 36.2 Å². The maximum atomic E-state index is 13.4. The quantitative estimate of drug-likeness (QED) is 0.207. The van der Waals surface area contributed by atoms with Crippen molar-refractivity contribution in [3.63, 3.8) is 0 Å². The molecule has 0 radical (unpaired) electrons. The summed E-state index contributed by atoms with van der Waals surface area (Å²) in [4.78, 5) is 48.4. The van der Waals surface area contributed by atoms with Gasteiger partial charge in [0.25, 0.3) is 5.91 Å². The standard InChI is InChI=1S/C21H36N3O9PS/c1-21(2)15-32-34(29,31-13-12-24(3,4)5)35-14-11-22-16(25)9-10-23-20(28)19(21)33-18(27)8-7-17(26)30-6/h7-8,19H,9-15H2,1-6H3,(H-,22,23,25,28)/p+1/b8-7+/t19-,34?/m0/s1. The van der Waals surface area contributed by atoms with Crippen LogP contribution in [0, 0.1) is 5.41 Å². The molecular formula is C21H37N3O9PS+. The summed E-state index contributed by atoms with van der Waals surface area (Å²) in [7, 11) is 7.04. The number of esters is 2. The molecule has 1 aliphatic rings. The van der Waals surface area contributed by atoms with Crippen molar-refractivity contribution in [1.82, 2.24) is 10.6 Å². The van der Waals surface area contributed by atoms with E-state index in [0.717, 1.165) is 30.6 Å². The molecule has 2 atom stereocenters. The highest BCUT2D eigenvalue weighted by Crippen LogP contribution is 2.61. The molecule has 1 aliphatic heterocycles. The van der Waals surface area contributed by atoms with Gasteiger partial charge in [0, 0.05) is 42.8 Å². The highest BCUT2D eigenvalue weighted by atomic mass is 32.7. The van der Waals surface area contributed by atoms with Crippen molar-refractivity contribution in [2.45, 2.75) is 26.4 Å². The summed E-state index contributed by atoms with van der Waals surface area (Å²) in [6.45, 7) is 0.304. The molecular weight excluding hydrogens is 501 g/mol. The summed E-state index contributed by atoms with van der Waals surface area (Å²) in [5.74, 6) is -2.42. The summed E-state index contributed by atoms with van der Waals surface area (Å²) in [5, 5.41) is 5.25. The number of nitrogens with one attached hydrogen (secondary N) is 2. The molecule has 0 aliphatic carbocycles. The van der Waals surface area contributed by atoms with E-state index in [0.29, 0.717) is 11.0 Å². The Morgan fingerprint density at radius 3 is 2.46 bits per heavy atom. The molecule has 1 rings (SSSR count). The molecule has 0 aromatic rings. The van der Waals surface area contributed by atoms with Crippen LogP contribution in [0.5, 0.6) is 0 Å². The second-order valence-electron chi connectivity index (χ2n) is 9.45. The van der Waals surface area contributed by atoms with Crippen LogP contribution in [0.3, 0.4) is 0 Å². The normalized spacial score (nSPS) is 24.7. The van der Waals surface area contributed by atoms with Gasteiger partial charge < -0.3 is 29.1 Å². The summed E-state index contributed by atoms with van der Waals surface area (Å²) in [5.41, 5.74) is -1.15. The van der Waals surface area contributed by atoms with Crippen molar-refractivity contribution < 1.29 is 46.7 Å². The average Bonchev–Trinajstić information content (AvgIpc) is 2.76. The Kier molecular flexibility index (Phi) is 12.4. The lowest BCUT2D eigenvalue weighted by molar-refractivity contribution is -0.870. The number of methoxy groups -OCH3 is 1. The van der Waals surface area contributed by atoms with E-state index in [2.05, 4.69) is 15.4 Å². The minimum atomic E-state index is -3.68. The van der Waals surface area contributed by atoms with Gasteiger partial charge in [-0.1, -0.05) is 13.8 Å². The van der Waals surface area contributed by atoms with Gasteiger partial charge in [-0.05, 0) is 11.4 Å². The van der Waals surface area contributed by atoms with Crippen LogP contribution in [-0.2, 0) is 42.3 Å². The highest BCUT2D eigenvalue weighted by Gasteiger charge is 2.41. The van der Waals surface area contributed by atoms with E-state index in [1.165, 1.54) is 0 Å². The number of nitrogens with zero attached hydrogens (tertiary/aromatic N) is 1. The Morgan fingerprint density at radius 2 is 1.83 bits per heavy atom. The number of carbonyl (C=O) groups is 4. The van der Waals surface area contributed by atoms with Crippen LogP contribution in [-0.4, -0.2) is 101 Å². The van der Waals surface area contributed by atoms with Gasteiger partial charge in [-0.3, -0.25) is 14.1 Å². The molecule has 0 spiro atoms. The van der Waals surface area contributed by atoms with E-state index in [-0.39, 0.29) is 44.4 Å². The third-order valence-electron chi connectivity index (χ3n) is 4.67. The third kappa shape index (κ3) is 12.6. The molecule has 0 saturated carbocycles. The van der Waals surface area contributed by atoms with Gasteiger partial charge in [0.2, 0.25) is 5.91 Å². The Hall–Kier alpha value is -1.92. The van der Waals surface area contributed by atoms with Gasteiger partial charge in [-0.2, -0.15) is 0 Å². The van der Waals surface area contributed by atoms with Crippen molar-refractivity contribution in [2.75, 3.05) is 66.9 Å². The minimum absolute atomic E-state index is 0.00784. The lowest BCUT2D eigenvalue weighted by Crippen LogP contribution is -2.49. The van der Waals surface area contributed by atoms with Gasteiger partial charge in [-0.15, -0.1) is 0 Å². The lowest BCUT2D eigenvalue weighted by Gasteiger charge is -2.33. The van der Waals surface area contributed by atoms with Crippen LogP contribution in [0.15, 0.2) is 12.2 Å². The zero-order valence-corrected chi connectivity index (χ0v) is 22.9. The molecule has 0 aromatic carbocycles. The molecule has 1 fully saturated rings. The fourth-order valence-electron chi connectivity index (χ4n) is 2.62. The molecule has 0 aromatic heterocycles. The monoisotopic (exact) mass is 538 g/mol. The van der Waals surface area contributed by atoms with E-state index in [1.807, 2.05) is 21.1 Å². The van der Waals surface area contributed by atoms with Crippen LogP contribution in [0.4, 0.5) is 0 Å². The van der Waals surface area contributed by atoms with E-state index in [4.69, 9.17) is 13.8 Å². The minimum Gasteiger partial charge on any atom is -0.466 e. The van der Waals surface area contributed by atoms with Crippen molar-refractivity contribution in [3.05, 3.63) is 12.2 Å². The Balaban J connectivity index is 3.11. The Bertz CT molecular complexity index is 842. The second kappa shape index (κ2) is 14.0. The first kappa shape index (κ1) is 31.1. The SMILES string of the molecule is COC(=O)/C=C/C(=O)O[C@H]1C(=O)NCCC(=O)NCCSP(=O)(OCC[N+](C)(C)C)OCC1(C)C. The zero-order valence-electron chi connectivity index (χ0n) is 21.2. The fourth-order valence-corrected chi connectivity index (χ4v) is 5.83. The lowest BCUT2D eigenvalue weighted by atomic mass is 9.86. The van der Waals surface area contributed by atoms with Crippen molar-refractivity contribution in [3.8, 4) is 0 Å². The molecule has 2 N–H and O–H groups in total. The zero-order chi connectivity index (χ0) is 26.7. The topological polar surface area (TPSA) is 146 Å². The fraction of sp³-hybridized carbons (Fsp3) is 0.714. The van der Waals surface area contributed by atoms with E-state index >= 15 is 0 Å². The number of likely N-dealkylation sites (N-methyl/N-ethyl adjacent to an activating group) is 1. The smallest absolute Gasteiger partial charge is 0.389 e. The summed E-state index contributed by atoms with van der Waals surface area (Å²) >= 11 is 0.952. The van der Waals surface area contributed by atoms with E-state index in [9.17, 15) is 23.7 Å². The van der Waals surface area contributed by atoms with Crippen LogP contribution >= 0.6 is 18.2 Å². The number of rotatable bonds is 7. The molecule has 1 saturated heterocycles. The molecule has 12 nitrogen and oxygen atoms in total. The molecule has 35 heavy (non-hydrogen) atoms. The number of quaternary nitrogens is 1. The number of carbonyl (C=O) groups excluding carboxylic acids is 4. The molecule has 2 amide bonds. The first-order valence-electron chi connectivity index (χ1n) is 11.0. The third-order valence-corrected chi connectivity index (χ3v) is 8.45. The maximum Gasteiger partial charge on any atom is 0.389 e. The largest absolute Gasteiger partial charge is 0.466 e. The van der Waals surface area contributed by atoms with Crippen molar-refractivity contribution in [2.24, 2.45) is 5.41 Å². The summed E-state index contributed by atoms with van der Waals surface area (Å²) in [6, 6.07) is 0. The molecule has 1 unspecified atom stereocenters. The predicted molar refractivity (Wildman–Crippen MR) is 130 cm³/mol. The molecule has 200 valence electrons. The molecule has 1 heterocycles. The van der Waals surface area contributed by atoms with Gasteiger partial charge in [0.05, 0.1) is 34.9 Å². The average molecular weight is 539 g/mol. The Morgan fingerprint density at radius 1 is 1.17 bits per heavy atom. The van der Waals surface area contributed by atoms with Gasteiger partial charge >= 0.3 is 18.7 Å². The predicted octanol–water partition coefficient (Wildman–Crippen LogP) is 0.870. The second-order valence-corrected chi connectivity index (χ2v) is 13.6. The van der Waals surface area contributed by atoms with Gasteiger partial charge in [-0.25, -0.2) is 14.2 Å². The number of hydrogen-bond donors (Lipinski definition) is 2. The van der Waals surface area contributed by atoms with Crippen LogP contribution in [0.1, 0.15) is 20.3 Å². The number of hydrogen-bond acceptors (Lipinski definition) is 10. The van der Waals surface area contributed by atoms with Gasteiger partial charge in [0.1, 0.15) is 13.2 Å². The Labute approximate surface area is 210 Å². The van der Waals surface area contributed by atoms with E-state index in [1.54, 1.807) is 13.8 Å². The number of amides is 2. The maximum absolute atomic E-state index is 13.4. The molecule has 0 bridgehead atoms. The highest BCUT2D eigenvalue weighted by molar-refractivity contribution is 8.55. The molecule has 14 heteroatoms. The number of ether oxygens (including phenoxy) is 2. The summed E-state index contributed by atoms with van der Waals surface area (Å²) < 4.78 is 35.1. The summed E-state index contributed by atoms with van der Waals surface area (Å²) in [6.07, 6.45) is 0.328. The van der Waals surface area contributed by atoms with Crippen molar-refractivity contribution in [1.29, 1.82) is 0 Å². The first-order valence-corrected chi connectivity index (χ1v) is 14.2. The van der Waals surface area contributed by atoms with Gasteiger partial charge in [0.15, 0.2) is 6.10 Å². The first-order chi connectivity index (χ1) is 16.2. The van der Waals surface area contributed by atoms with Crippen molar-refractivity contribution >= 4 is 41.9 Å². The van der Waals surface area contributed by atoms with Crippen LogP contribution in [0.25, 0.3) is 0 Å².